The van der Waals surface area contributed by atoms with Gasteiger partial charge in [-0.2, -0.15) is 0 Å². The summed E-state index contributed by atoms with van der Waals surface area (Å²) in [5.41, 5.74) is 0. The molecule has 0 radical (unpaired) electrons. The molecule has 1 saturated carbocycles. The van der Waals surface area contributed by atoms with Crippen molar-refractivity contribution in [3.05, 3.63) is 25.7 Å². The molecule has 2 heteroatoms. The van der Waals surface area contributed by atoms with Gasteiger partial charge in [0.05, 0.1) is 25.7 Å². The third-order valence-corrected chi connectivity index (χ3v) is 3.42. The van der Waals surface area contributed by atoms with E-state index < -0.39 is 0 Å². The van der Waals surface area contributed by atoms with E-state index in [9.17, 15) is 0 Å². The Labute approximate surface area is 99.3 Å². The highest BCUT2D eigenvalue weighted by atomic mass is 16.5. The zero-order chi connectivity index (χ0) is 11.6. The molecule has 0 amide bonds. The summed E-state index contributed by atoms with van der Waals surface area (Å²) < 4.78 is 10.4. The molecule has 1 fully saturated rings. The first-order valence-electron chi connectivity index (χ1n) is 6.31. The van der Waals surface area contributed by atoms with E-state index in [1.165, 1.54) is 51.0 Å². The Balaban J connectivity index is 2.13. The largest absolute Gasteiger partial charge is 0.502 e. The summed E-state index contributed by atoms with van der Waals surface area (Å²) in [5, 5.41) is 0. The second-order valence-corrected chi connectivity index (χ2v) is 4.55. The first-order chi connectivity index (χ1) is 7.86. The van der Waals surface area contributed by atoms with Crippen molar-refractivity contribution in [2.45, 2.75) is 38.5 Å². The molecule has 0 bridgehead atoms. The van der Waals surface area contributed by atoms with Gasteiger partial charge in [-0.25, -0.2) is 0 Å². The summed E-state index contributed by atoms with van der Waals surface area (Å²) in [6, 6.07) is 0. The zero-order valence-electron chi connectivity index (χ0n) is 10.2. The molecule has 0 aromatic carbocycles. The third-order valence-electron chi connectivity index (χ3n) is 3.42. The molecule has 2 nitrogen and oxygen atoms in total. The first-order valence-corrected chi connectivity index (χ1v) is 6.31. The lowest BCUT2D eigenvalue weighted by molar-refractivity contribution is 0.157. The Morgan fingerprint density at radius 3 is 1.88 bits per heavy atom. The fourth-order valence-corrected chi connectivity index (χ4v) is 2.56. The van der Waals surface area contributed by atoms with Crippen molar-refractivity contribution >= 4 is 0 Å². The normalized spacial score (nSPS) is 24.8. The maximum Gasteiger partial charge on any atom is 0.0875 e. The molecule has 16 heavy (non-hydrogen) atoms. The van der Waals surface area contributed by atoms with E-state index in [0.29, 0.717) is 0 Å². The van der Waals surface area contributed by atoms with Crippen LogP contribution >= 0.6 is 0 Å². The number of hydrogen-bond donors (Lipinski definition) is 0. The van der Waals surface area contributed by atoms with Gasteiger partial charge in [0.2, 0.25) is 0 Å². The Kier molecular flexibility index (Phi) is 6.78. The van der Waals surface area contributed by atoms with Crippen molar-refractivity contribution in [3.8, 4) is 0 Å². The van der Waals surface area contributed by atoms with E-state index in [1.807, 2.05) is 0 Å². The van der Waals surface area contributed by atoms with Crippen LogP contribution in [0.2, 0.25) is 0 Å². The minimum absolute atomic E-state index is 0.823. The summed E-state index contributed by atoms with van der Waals surface area (Å²) in [6.45, 7) is 8.77. The van der Waals surface area contributed by atoms with Crippen molar-refractivity contribution in [1.29, 1.82) is 0 Å². The van der Waals surface area contributed by atoms with Crippen molar-refractivity contribution < 1.29 is 9.47 Å². The van der Waals surface area contributed by atoms with Gasteiger partial charge in [0.1, 0.15) is 0 Å². The molecule has 0 heterocycles. The van der Waals surface area contributed by atoms with Gasteiger partial charge in [0.15, 0.2) is 0 Å². The highest BCUT2D eigenvalue weighted by molar-refractivity contribution is 4.73. The van der Waals surface area contributed by atoms with Crippen molar-refractivity contribution in [1.82, 2.24) is 0 Å². The molecule has 0 aromatic rings. The predicted molar refractivity (Wildman–Crippen MR) is 67.0 cm³/mol. The Bertz CT molecular complexity index is 181. The number of rotatable bonds is 8. The number of ether oxygens (including phenoxy) is 2. The van der Waals surface area contributed by atoms with Crippen LogP contribution in [-0.2, 0) is 9.47 Å². The quantitative estimate of drug-likeness (QED) is 0.460. The fraction of sp³-hybridized carbons (Fsp3) is 0.714. The molecule has 0 saturated heterocycles. The fourth-order valence-electron chi connectivity index (χ4n) is 2.56. The van der Waals surface area contributed by atoms with Gasteiger partial charge in [-0.15, -0.1) is 0 Å². The van der Waals surface area contributed by atoms with Gasteiger partial charge in [0, 0.05) is 0 Å². The van der Waals surface area contributed by atoms with Gasteiger partial charge < -0.3 is 9.47 Å². The molecule has 1 aliphatic carbocycles. The van der Waals surface area contributed by atoms with Crippen LogP contribution < -0.4 is 0 Å². The van der Waals surface area contributed by atoms with E-state index in [4.69, 9.17) is 9.47 Å². The summed E-state index contributed by atoms with van der Waals surface area (Å²) >= 11 is 0. The van der Waals surface area contributed by atoms with Gasteiger partial charge in [0.25, 0.3) is 0 Å². The molecule has 0 aliphatic heterocycles. The molecule has 2 unspecified atom stereocenters. The van der Waals surface area contributed by atoms with Crippen LogP contribution in [0.15, 0.2) is 25.7 Å². The Morgan fingerprint density at radius 2 is 1.44 bits per heavy atom. The second-order valence-electron chi connectivity index (χ2n) is 4.55. The summed E-state index contributed by atoms with van der Waals surface area (Å²) in [4.78, 5) is 0. The van der Waals surface area contributed by atoms with Crippen LogP contribution in [0, 0.1) is 11.8 Å². The van der Waals surface area contributed by atoms with Crippen LogP contribution in [0.4, 0.5) is 0 Å². The first kappa shape index (κ1) is 13.1. The minimum Gasteiger partial charge on any atom is -0.502 e. The van der Waals surface area contributed by atoms with Crippen LogP contribution in [0.1, 0.15) is 38.5 Å². The van der Waals surface area contributed by atoms with E-state index >= 15 is 0 Å². The van der Waals surface area contributed by atoms with Crippen molar-refractivity contribution in [2.75, 3.05) is 13.2 Å². The van der Waals surface area contributed by atoms with E-state index in [1.54, 1.807) is 0 Å². The van der Waals surface area contributed by atoms with Crippen molar-refractivity contribution in [3.63, 3.8) is 0 Å². The summed E-state index contributed by atoms with van der Waals surface area (Å²) in [7, 11) is 0. The monoisotopic (exact) mass is 224 g/mol. The zero-order valence-corrected chi connectivity index (χ0v) is 10.2. The third kappa shape index (κ3) is 5.24. The molecule has 1 rings (SSSR count). The lowest BCUT2D eigenvalue weighted by atomic mass is 9.79. The second kappa shape index (κ2) is 8.26. The Hall–Kier alpha value is -0.920. The topological polar surface area (TPSA) is 18.5 Å². The average Bonchev–Trinajstić information content (AvgIpc) is 2.30. The van der Waals surface area contributed by atoms with E-state index in [-0.39, 0.29) is 0 Å². The molecule has 0 N–H and O–H groups in total. The van der Waals surface area contributed by atoms with Crippen molar-refractivity contribution in [2.24, 2.45) is 11.8 Å². The van der Waals surface area contributed by atoms with Gasteiger partial charge in [-0.05, 0) is 31.1 Å². The highest BCUT2D eigenvalue weighted by Crippen LogP contribution is 2.32. The van der Waals surface area contributed by atoms with Gasteiger partial charge in [-0.3, -0.25) is 0 Å². The standard InChI is InChI=1S/C14H24O2/c1-3-15-10-8-13-6-5-7-14(12-13)9-11-16-4-2/h3-4,13-14H,1-2,5-12H2. The molecular weight excluding hydrogens is 200 g/mol. The highest BCUT2D eigenvalue weighted by Gasteiger charge is 2.21. The average molecular weight is 224 g/mol. The number of hydrogen-bond acceptors (Lipinski definition) is 2. The molecular formula is C14H24O2. The molecule has 1 aliphatic rings. The van der Waals surface area contributed by atoms with Crippen LogP contribution in [0.3, 0.4) is 0 Å². The molecule has 0 spiro atoms. The SMILES string of the molecule is C=COCCC1CCCC(CCOC=C)C1. The Morgan fingerprint density at radius 1 is 0.938 bits per heavy atom. The summed E-state index contributed by atoms with van der Waals surface area (Å²) in [5.74, 6) is 1.67. The minimum atomic E-state index is 0.823. The lowest BCUT2D eigenvalue weighted by Gasteiger charge is -2.28. The molecule has 92 valence electrons. The maximum absolute atomic E-state index is 5.20. The molecule has 0 aromatic heterocycles. The van der Waals surface area contributed by atoms with Crippen LogP contribution in [-0.4, -0.2) is 13.2 Å². The van der Waals surface area contributed by atoms with E-state index in [2.05, 4.69) is 13.2 Å². The predicted octanol–water partition coefficient (Wildman–Crippen LogP) is 3.89. The summed E-state index contributed by atoms with van der Waals surface area (Å²) in [6.07, 6.45) is 10.8. The smallest absolute Gasteiger partial charge is 0.0875 e. The maximum atomic E-state index is 5.20. The van der Waals surface area contributed by atoms with Gasteiger partial charge >= 0.3 is 0 Å². The van der Waals surface area contributed by atoms with E-state index in [0.717, 1.165) is 25.0 Å². The molecule has 2 atom stereocenters. The van der Waals surface area contributed by atoms with Crippen LogP contribution in [0.25, 0.3) is 0 Å². The van der Waals surface area contributed by atoms with Crippen LogP contribution in [0.5, 0.6) is 0 Å². The van der Waals surface area contributed by atoms with Gasteiger partial charge in [-0.1, -0.05) is 32.4 Å². The lowest BCUT2D eigenvalue weighted by Crippen LogP contribution is -2.18.